The van der Waals surface area contributed by atoms with Gasteiger partial charge in [0, 0.05) is 32.2 Å². The number of benzene rings is 2. The van der Waals surface area contributed by atoms with Crippen LogP contribution in [0.1, 0.15) is 6.42 Å². The normalized spacial score (nSPS) is 13.6. The molecule has 1 saturated heterocycles. The van der Waals surface area contributed by atoms with E-state index in [1.807, 2.05) is 18.2 Å². The van der Waals surface area contributed by atoms with Crippen molar-refractivity contribution in [3.05, 3.63) is 48.5 Å². The van der Waals surface area contributed by atoms with Crippen molar-refractivity contribution >= 4 is 11.8 Å². The fraction of sp³-hybridized carbons (Fsp3) is 0.364. The second kappa shape index (κ2) is 10.4. The third-order valence-corrected chi connectivity index (χ3v) is 4.81. The van der Waals surface area contributed by atoms with Gasteiger partial charge in [-0.2, -0.15) is 0 Å². The van der Waals surface area contributed by atoms with E-state index in [1.165, 1.54) is 12.1 Å². The van der Waals surface area contributed by atoms with E-state index >= 15 is 0 Å². The smallest absolute Gasteiger partial charge is 0.260 e. The van der Waals surface area contributed by atoms with Crippen molar-refractivity contribution in [2.75, 3.05) is 46.5 Å². The highest BCUT2D eigenvalue weighted by Gasteiger charge is 2.24. The summed E-state index contributed by atoms with van der Waals surface area (Å²) in [5, 5.41) is 9.27. The molecule has 0 bridgehead atoms. The van der Waals surface area contributed by atoms with Crippen LogP contribution in [0, 0.1) is 0 Å². The molecule has 160 valence electrons. The summed E-state index contributed by atoms with van der Waals surface area (Å²) in [6.07, 6.45) is 0.273. The molecule has 8 heteroatoms. The van der Waals surface area contributed by atoms with Gasteiger partial charge >= 0.3 is 0 Å². The molecule has 0 radical (unpaired) electrons. The largest absolute Gasteiger partial charge is 0.508 e. The first-order valence-electron chi connectivity index (χ1n) is 9.79. The SMILES string of the molecule is COc1cccc(OCCC(=O)N2CCN(C(=O)COc3ccc(O)cc3)CC2)c1. The van der Waals surface area contributed by atoms with Gasteiger partial charge in [-0.3, -0.25) is 9.59 Å². The molecule has 2 amide bonds. The number of nitrogens with zero attached hydrogens (tertiary/aromatic N) is 2. The summed E-state index contributed by atoms with van der Waals surface area (Å²) in [6.45, 7) is 2.13. The van der Waals surface area contributed by atoms with E-state index in [4.69, 9.17) is 14.2 Å². The van der Waals surface area contributed by atoms with Gasteiger partial charge in [-0.05, 0) is 36.4 Å². The number of hydrogen-bond acceptors (Lipinski definition) is 6. The minimum absolute atomic E-state index is 0.00494. The van der Waals surface area contributed by atoms with Crippen LogP contribution in [0.5, 0.6) is 23.0 Å². The topological polar surface area (TPSA) is 88.5 Å². The lowest BCUT2D eigenvalue weighted by molar-refractivity contribution is -0.141. The summed E-state index contributed by atoms with van der Waals surface area (Å²) in [6, 6.07) is 13.5. The molecule has 2 aromatic rings. The average Bonchev–Trinajstić information content (AvgIpc) is 2.78. The van der Waals surface area contributed by atoms with Crippen LogP contribution in [0.15, 0.2) is 48.5 Å². The minimum atomic E-state index is -0.128. The lowest BCUT2D eigenvalue weighted by atomic mass is 10.2. The van der Waals surface area contributed by atoms with Gasteiger partial charge in [-0.1, -0.05) is 6.07 Å². The molecule has 30 heavy (non-hydrogen) atoms. The average molecular weight is 414 g/mol. The second-order valence-corrected chi connectivity index (χ2v) is 6.82. The number of hydrogen-bond donors (Lipinski definition) is 1. The van der Waals surface area contributed by atoms with Gasteiger partial charge in [0.25, 0.3) is 5.91 Å². The molecule has 0 spiro atoms. The fourth-order valence-corrected chi connectivity index (χ4v) is 3.09. The Hall–Kier alpha value is -3.42. The molecule has 0 aliphatic carbocycles. The maximum atomic E-state index is 12.4. The van der Waals surface area contributed by atoms with Gasteiger partial charge in [0.05, 0.1) is 20.1 Å². The maximum absolute atomic E-state index is 12.4. The summed E-state index contributed by atoms with van der Waals surface area (Å²) < 4.78 is 16.2. The lowest BCUT2D eigenvalue weighted by Crippen LogP contribution is -2.51. The van der Waals surface area contributed by atoms with Gasteiger partial charge < -0.3 is 29.1 Å². The summed E-state index contributed by atoms with van der Waals surface area (Å²) in [4.78, 5) is 28.2. The molecular formula is C22H26N2O6. The monoisotopic (exact) mass is 414 g/mol. The molecule has 0 aromatic heterocycles. The van der Waals surface area contributed by atoms with E-state index in [2.05, 4.69) is 0 Å². The molecule has 1 N–H and O–H groups in total. The van der Waals surface area contributed by atoms with Crippen LogP contribution < -0.4 is 14.2 Å². The predicted octanol–water partition coefficient (Wildman–Crippen LogP) is 1.92. The van der Waals surface area contributed by atoms with Gasteiger partial charge in [0.15, 0.2) is 6.61 Å². The lowest BCUT2D eigenvalue weighted by Gasteiger charge is -2.34. The summed E-state index contributed by atoms with van der Waals surface area (Å²) >= 11 is 0. The van der Waals surface area contributed by atoms with Crippen molar-refractivity contribution in [1.82, 2.24) is 9.80 Å². The number of amides is 2. The molecule has 1 aliphatic rings. The van der Waals surface area contributed by atoms with Crippen LogP contribution in [0.4, 0.5) is 0 Å². The third-order valence-electron chi connectivity index (χ3n) is 4.81. The van der Waals surface area contributed by atoms with Crippen LogP contribution in [0.2, 0.25) is 0 Å². The van der Waals surface area contributed by atoms with Crippen LogP contribution >= 0.6 is 0 Å². The van der Waals surface area contributed by atoms with E-state index in [-0.39, 0.29) is 37.2 Å². The Kier molecular flexibility index (Phi) is 7.37. The zero-order chi connectivity index (χ0) is 21.3. The van der Waals surface area contributed by atoms with Crippen LogP contribution in [-0.4, -0.2) is 73.2 Å². The third kappa shape index (κ3) is 6.04. The first-order valence-corrected chi connectivity index (χ1v) is 9.79. The molecule has 3 rings (SSSR count). The number of carbonyl (C=O) groups excluding carboxylic acids is 2. The molecule has 1 heterocycles. The van der Waals surface area contributed by atoms with Gasteiger partial charge in [0.1, 0.15) is 23.0 Å². The Bertz CT molecular complexity index is 847. The zero-order valence-electron chi connectivity index (χ0n) is 17.0. The fourth-order valence-electron chi connectivity index (χ4n) is 3.09. The van der Waals surface area contributed by atoms with Crippen molar-refractivity contribution in [2.24, 2.45) is 0 Å². The number of rotatable bonds is 8. The van der Waals surface area contributed by atoms with Gasteiger partial charge in [-0.25, -0.2) is 0 Å². The number of piperazine rings is 1. The van der Waals surface area contributed by atoms with Crippen molar-refractivity contribution in [3.8, 4) is 23.0 Å². The number of carbonyl (C=O) groups is 2. The zero-order valence-corrected chi connectivity index (χ0v) is 17.0. The highest BCUT2D eigenvalue weighted by Crippen LogP contribution is 2.19. The Morgan fingerprint density at radius 2 is 1.50 bits per heavy atom. The Labute approximate surface area is 175 Å². The molecule has 8 nitrogen and oxygen atoms in total. The quantitative estimate of drug-likeness (QED) is 0.710. The Morgan fingerprint density at radius 1 is 0.867 bits per heavy atom. The highest BCUT2D eigenvalue weighted by atomic mass is 16.5. The number of aromatic hydroxyl groups is 1. The highest BCUT2D eigenvalue weighted by molar-refractivity contribution is 5.79. The Morgan fingerprint density at radius 3 is 2.17 bits per heavy atom. The molecule has 0 saturated carbocycles. The molecule has 1 fully saturated rings. The molecule has 2 aromatic carbocycles. The van der Waals surface area contributed by atoms with Crippen molar-refractivity contribution in [3.63, 3.8) is 0 Å². The first-order chi connectivity index (χ1) is 14.5. The number of phenolic OH excluding ortho intramolecular Hbond substituents is 1. The number of methoxy groups -OCH3 is 1. The molecule has 1 aliphatic heterocycles. The Balaban J connectivity index is 1.36. The van der Waals surface area contributed by atoms with E-state index in [0.29, 0.717) is 43.4 Å². The van der Waals surface area contributed by atoms with Crippen molar-refractivity contribution in [2.45, 2.75) is 6.42 Å². The van der Waals surface area contributed by atoms with Gasteiger partial charge in [0.2, 0.25) is 5.91 Å². The molecule has 0 atom stereocenters. The van der Waals surface area contributed by atoms with Crippen LogP contribution in [0.25, 0.3) is 0 Å². The van der Waals surface area contributed by atoms with E-state index < -0.39 is 0 Å². The molecular weight excluding hydrogens is 388 g/mol. The summed E-state index contributed by atoms with van der Waals surface area (Å²) in [7, 11) is 1.59. The van der Waals surface area contributed by atoms with Crippen LogP contribution in [0.3, 0.4) is 0 Å². The second-order valence-electron chi connectivity index (χ2n) is 6.82. The number of phenols is 1. The van der Waals surface area contributed by atoms with E-state index in [0.717, 1.165) is 0 Å². The first kappa shape index (κ1) is 21.3. The van der Waals surface area contributed by atoms with Crippen molar-refractivity contribution in [1.29, 1.82) is 0 Å². The minimum Gasteiger partial charge on any atom is -0.508 e. The molecule has 0 unspecified atom stereocenters. The summed E-state index contributed by atoms with van der Waals surface area (Å²) in [5.74, 6) is 1.90. The van der Waals surface area contributed by atoms with E-state index in [1.54, 1.807) is 35.1 Å². The van der Waals surface area contributed by atoms with Gasteiger partial charge in [-0.15, -0.1) is 0 Å². The van der Waals surface area contributed by atoms with E-state index in [9.17, 15) is 14.7 Å². The standard InChI is InChI=1S/C22H26N2O6/c1-28-19-3-2-4-20(15-19)29-14-9-21(26)23-10-12-24(13-11-23)22(27)16-30-18-7-5-17(25)6-8-18/h2-8,15,25H,9-14,16H2,1H3. The van der Waals surface area contributed by atoms with Crippen molar-refractivity contribution < 1.29 is 28.9 Å². The maximum Gasteiger partial charge on any atom is 0.260 e. The van der Waals surface area contributed by atoms with Crippen LogP contribution in [-0.2, 0) is 9.59 Å². The summed E-state index contributed by atoms with van der Waals surface area (Å²) in [5.41, 5.74) is 0. The predicted molar refractivity (Wildman–Crippen MR) is 110 cm³/mol. The number of ether oxygens (including phenoxy) is 3.